The first kappa shape index (κ1) is 29.6. The van der Waals surface area contributed by atoms with Crippen molar-refractivity contribution in [1.29, 1.82) is 0 Å². The van der Waals surface area contributed by atoms with Gasteiger partial charge >= 0.3 is 24.3 Å². The largest absolute Gasteiger partial charge is 0.491 e. The average molecular weight is 602 g/mol. The van der Waals surface area contributed by atoms with Crippen LogP contribution in [-0.4, -0.2) is 69.2 Å². The molecule has 1 amide bonds. The molecule has 1 aromatic carbocycles. The number of fused-ring (bicyclic) bond motifs is 5. The van der Waals surface area contributed by atoms with Gasteiger partial charge in [0.25, 0.3) is 11.5 Å². The summed E-state index contributed by atoms with van der Waals surface area (Å²) in [6.45, 7) is 1.21. The van der Waals surface area contributed by atoms with E-state index in [1.165, 1.54) is 31.2 Å². The van der Waals surface area contributed by atoms with E-state index in [1.807, 2.05) is 0 Å². The molecule has 1 aliphatic carbocycles. The highest BCUT2D eigenvalue weighted by Gasteiger charge is 2.79. The maximum atomic E-state index is 14.2. The molecular weight excluding hydrogens is 578 g/mol. The van der Waals surface area contributed by atoms with Crippen LogP contribution >= 0.6 is 0 Å². The van der Waals surface area contributed by atoms with Gasteiger partial charge in [-0.3, -0.25) is 14.4 Å². The minimum Gasteiger partial charge on any atom is -0.434 e. The Morgan fingerprint density at radius 3 is 2.05 bits per heavy atom. The molecule has 4 atom stereocenters. The number of hydrogen-bond acceptors (Lipinski definition) is 8. The van der Waals surface area contributed by atoms with Crippen molar-refractivity contribution in [3.8, 4) is 0 Å². The van der Waals surface area contributed by atoms with E-state index in [0.717, 1.165) is 11.1 Å². The molecule has 0 N–H and O–H groups in total. The molecule has 5 rings (SSSR count). The number of alkyl halides is 6. The van der Waals surface area contributed by atoms with Gasteiger partial charge in [0.15, 0.2) is 5.78 Å². The molecule has 2 bridgehead atoms. The van der Waals surface area contributed by atoms with Crippen molar-refractivity contribution in [2.45, 2.75) is 75.2 Å². The number of allylic oxidation sites excluding steroid dienone is 2. The van der Waals surface area contributed by atoms with Gasteiger partial charge in [-0.25, -0.2) is 19.6 Å². The average Bonchev–Trinajstić information content (AvgIpc) is 3.25. The fourth-order valence-electron chi connectivity index (χ4n) is 6.71. The Morgan fingerprint density at radius 1 is 0.905 bits per heavy atom. The zero-order valence-corrected chi connectivity index (χ0v) is 22.0. The quantitative estimate of drug-likeness (QED) is 0.286. The molecule has 1 aromatic rings. The molecule has 4 unspecified atom stereocenters. The Bertz CT molecular complexity index is 1370. The van der Waals surface area contributed by atoms with Gasteiger partial charge in [0.05, 0.1) is 0 Å². The Balaban J connectivity index is 1.69. The van der Waals surface area contributed by atoms with E-state index in [4.69, 9.17) is 9.47 Å². The maximum absolute atomic E-state index is 14.2. The van der Waals surface area contributed by atoms with Crippen molar-refractivity contribution in [2.75, 3.05) is 0 Å². The molecule has 4 aliphatic rings. The van der Waals surface area contributed by atoms with Crippen molar-refractivity contribution in [3.05, 3.63) is 47.7 Å². The first-order chi connectivity index (χ1) is 19.6. The van der Waals surface area contributed by atoms with Gasteiger partial charge in [-0.2, -0.15) is 26.3 Å². The smallest absolute Gasteiger partial charge is 0.434 e. The Hall–Kier alpha value is -3.91. The summed E-state index contributed by atoms with van der Waals surface area (Å²) in [4.78, 5) is 66.4. The number of Topliss-reactive ketones (excluding diaryl/α,β-unsaturated/α-hetero) is 1. The summed E-state index contributed by atoms with van der Waals surface area (Å²) >= 11 is 0. The number of benzene rings is 1. The van der Waals surface area contributed by atoms with Crippen LogP contribution in [0.5, 0.6) is 0 Å². The standard InChI is InChI=1S/C27H24F6N2O7/c1-14-12-17(36)18-19-20(37)25(16-10-6-3-7-11-16,42-23(40)27(31,32)33)21(38)34(19)35(14)24(18,41-22(39)26(28,29)30)13-15-8-4-2-5-9-15/h2,4-5,8-9,12,16,18-19H,3,6-7,10-11,13H2,1H3. The molecule has 2 saturated heterocycles. The zero-order valence-electron chi connectivity index (χ0n) is 22.0. The van der Waals surface area contributed by atoms with Gasteiger partial charge in [0, 0.05) is 24.1 Å². The summed E-state index contributed by atoms with van der Waals surface area (Å²) < 4.78 is 90.7. The van der Waals surface area contributed by atoms with Crippen LogP contribution in [0.25, 0.3) is 0 Å². The Labute approximate surface area is 234 Å². The van der Waals surface area contributed by atoms with E-state index >= 15 is 0 Å². The van der Waals surface area contributed by atoms with E-state index in [1.54, 1.807) is 6.07 Å². The second-order valence-electron chi connectivity index (χ2n) is 10.8. The number of hydrazine groups is 1. The number of hydrogen-bond donors (Lipinski definition) is 0. The van der Waals surface area contributed by atoms with Crippen LogP contribution in [-0.2, 0) is 39.9 Å². The molecule has 0 spiro atoms. The summed E-state index contributed by atoms with van der Waals surface area (Å²) in [5.74, 6) is -12.5. The Kier molecular flexibility index (Phi) is 6.93. The van der Waals surface area contributed by atoms with Crippen molar-refractivity contribution in [2.24, 2.45) is 11.8 Å². The SMILES string of the molecule is CC1=CC(=O)C2C3C(=O)C(OC(=O)C(F)(F)F)(C4CCCCC4)C(=O)N3N1C2(Cc1ccccc1)OC(=O)C(F)(F)F. The Morgan fingerprint density at radius 2 is 1.48 bits per heavy atom. The molecule has 3 fully saturated rings. The lowest BCUT2D eigenvalue weighted by atomic mass is 9.71. The minimum absolute atomic E-state index is 0.0365. The molecule has 3 heterocycles. The van der Waals surface area contributed by atoms with Crippen LogP contribution < -0.4 is 0 Å². The highest BCUT2D eigenvalue weighted by atomic mass is 19.4. The number of rotatable bonds is 5. The third-order valence-electron chi connectivity index (χ3n) is 8.26. The normalized spacial score (nSPS) is 29.9. The number of esters is 2. The number of ketones is 2. The van der Waals surface area contributed by atoms with Crippen molar-refractivity contribution >= 4 is 29.4 Å². The number of ether oxygens (including phenoxy) is 2. The molecule has 9 nitrogen and oxygen atoms in total. The van der Waals surface area contributed by atoms with Crippen LogP contribution in [0.3, 0.4) is 0 Å². The summed E-state index contributed by atoms with van der Waals surface area (Å²) in [5.41, 5.74) is -5.55. The van der Waals surface area contributed by atoms with Crippen molar-refractivity contribution < 1.29 is 59.8 Å². The number of nitrogens with zero attached hydrogens (tertiary/aromatic N) is 2. The van der Waals surface area contributed by atoms with Crippen LogP contribution in [0.15, 0.2) is 42.1 Å². The highest BCUT2D eigenvalue weighted by molar-refractivity contribution is 6.21. The predicted octanol–water partition coefficient (Wildman–Crippen LogP) is 3.57. The van der Waals surface area contributed by atoms with Gasteiger partial charge < -0.3 is 9.47 Å². The molecule has 226 valence electrons. The number of carbonyl (C=O) groups is 5. The third-order valence-corrected chi connectivity index (χ3v) is 8.26. The third kappa shape index (κ3) is 4.35. The van der Waals surface area contributed by atoms with Gasteiger partial charge in [0.1, 0.15) is 12.0 Å². The predicted molar refractivity (Wildman–Crippen MR) is 126 cm³/mol. The van der Waals surface area contributed by atoms with E-state index in [-0.39, 0.29) is 24.1 Å². The molecular formula is C27H24F6N2O7. The fourth-order valence-corrected chi connectivity index (χ4v) is 6.71. The molecule has 15 heteroatoms. The number of carbonyl (C=O) groups excluding carboxylic acids is 5. The second-order valence-corrected chi connectivity index (χ2v) is 10.8. The van der Waals surface area contributed by atoms with Gasteiger partial charge in [-0.05, 0) is 25.3 Å². The first-order valence-corrected chi connectivity index (χ1v) is 13.1. The van der Waals surface area contributed by atoms with Gasteiger partial charge in [0.2, 0.25) is 11.5 Å². The van der Waals surface area contributed by atoms with Crippen LogP contribution in [0.4, 0.5) is 26.3 Å². The van der Waals surface area contributed by atoms with E-state index < -0.39 is 77.4 Å². The van der Waals surface area contributed by atoms with Crippen LogP contribution in [0.2, 0.25) is 0 Å². The van der Waals surface area contributed by atoms with E-state index in [9.17, 15) is 50.3 Å². The lowest BCUT2D eigenvalue weighted by Gasteiger charge is -2.47. The summed E-state index contributed by atoms with van der Waals surface area (Å²) in [6, 6.07) is 5.50. The second kappa shape index (κ2) is 9.83. The summed E-state index contributed by atoms with van der Waals surface area (Å²) in [5, 5.41) is 1.31. The topological polar surface area (TPSA) is 110 Å². The maximum Gasteiger partial charge on any atom is 0.491 e. The number of halogens is 6. The van der Waals surface area contributed by atoms with Crippen LogP contribution in [0, 0.1) is 11.8 Å². The first-order valence-electron chi connectivity index (χ1n) is 13.1. The molecule has 0 radical (unpaired) electrons. The fraction of sp³-hybridized carbons (Fsp3) is 0.519. The molecule has 0 aromatic heterocycles. The van der Waals surface area contributed by atoms with E-state index in [0.29, 0.717) is 24.3 Å². The lowest BCUT2D eigenvalue weighted by Crippen LogP contribution is -2.64. The van der Waals surface area contributed by atoms with Crippen LogP contribution in [0.1, 0.15) is 44.6 Å². The van der Waals surface area contributed by atoms with Crippen molar-refractivity contribution in [1.82, 2.24) is 10.0 Å². The lowest BCUT2D eigenvalue weighted by molar-refractivity contribution is -0.244. The molecule has 42 heavy (non-hydrogen) atoms. The number of amides is 1. The molecule has 3 aliphatic heterocycles. The van der Waals surface area contributed by atoms with Gasteiger partial charge in [-0.15, -0.1) is 0 Å². The minimum atomic E-state index is -5.59. The molecule has 1 saturated carbocycles. The summed E-state index contributed by atoms with van der Waals surface area (Å²) in [6.07, 6.45) is -9.30. The van der Waals surface area contributed by atoms with E-state index in [2.05, 4.69) is 0 Å². The van der Waals surface area contributed by atoms with Gasteiger partial charge in [-0.1, -0.05) is 49.6 Å². The zero-order chi connectivity index (χ0) is 30.8. The summed E-state index contributed by atoms with van der Waals surface area (Å²) in [7, 11) is 0. The monoisotopic (exact) mass is 602 g/mol. The highest BCUT2D eigenvalue weighted by Crippen LogP contribution is 2.56. The van der Waals surface area contributed by atoms with Crippen molar-refractivity contribution in [3.63, 3.8) is 0 Å².